The third-order valence-electron chi connectivity index (χ3n) is 2.80. The summed E-state index contributed by atoms with van der Waals surface area (Å²) in [5, 5.41) is 6.85. The van der Waals surface area contributed by atoms with E-state index in [9.17, 15) is 8.42 Å². The molecule has 4 N–H and O–H groups in total. The fourth-order valence-electron chi connectivity index (χ4n) is 1.78. The van der Waals surface area contributed by atoms with Crippen molar-refractivity contribution in [3.63, 3.8) is 0 Å². The van der Waals surface area contributed by atoms with Gasteiger partial charge in [-0.3, -0.25) is 5.41 Å². The summed E-state index contributed by atoms with van der Waals surface area (Å²) in [4.78, 5) is 0. The second-order valence-electron chi connectivity index (χ2n) is 4.10. The van der Waals surface area contributed by atoms with E-state index in [2.05, 4.69) is 4.72 Å². The van der Waals surface area contributed by atoms with Gasteiger partial charge in [0.15, 0.2) is 0 Å². The highest BCUT2D eigenvalue weighted by Gasteiger charge is 2.28. The second-order valence-corrected chi connectivity index (χ2v) is 6.09. The molecule has 15 heavy (non-hydrogen) atoms. The lowest BCUT2D eigenvalue weighted by Gasteiger charge is -2.23. The van der Waals surface area contributed by atoms with Crippen LogP contribution in [0.1, 0.15) is 39.0 Å². The van der Waals surface area contributed by atoms with Crippen molar-refractivity contribution in [2.45, 2.75) is 50.3 Å². The molecular formula is C9H19N3O2S. The van der Waals surface area contributed by atoms with E-state index >= 15 is 0 Å². The van der Waals surface area contributed by atoms with Crippen LogP contribution < -0.4 is 10.5 Å². The van der Waals surface area contributed by atoms with Gasteiger partial charge in [0.05, 0.1) is 11.3 Å². The first-order chi connectivity index (χ1) is 6.93. The van der Waals surface area contributed by atoms with Gasteiger partial charge >= 0.3 is 0 Å². The van der Waals surface area contributed by atoms with Crippen LogP contribution in [0.5, 0.6) is 0 Å². The minimum absolute atomic E-state index is 0.144. The minimum atomic E-state index is -3.30. The smallest absolute Gasteiger partial charge is 0.215 e. The molecule has 5 nitrogen and oxygen atoms in total. The highest BCUT2D eigenvalue weighted by molar-refractivity contribution is 7.90. The van der Waals surface area contributed by atoms with Crippen LogP contribution in [0.25, 0.3) is 0 Å². The van der Waals surface area contributed by atoms with E-state index < -0.39 is 16.1 Å². The highest BCUT2D eigenvalue weighted by atomic mass is 32.2. The van der Waals surface area contributed by atoms with Crippen molar-refractivity contribution in [3.8, 4) is 0 Å². The van der Waals surface area contributed by atoms with E-state index in [1.54, 1.807) is 6.92 Å². The average Bonchev–Trinajstić information content (AvgIpc) is 2.18. The van der Waals surface area contributed by atoms with Crippen molar-refractivity contribution in [1.29, 1.82) is 5.41 Å². The maximum Gasteiger partial charge on any atom is 0.215 e. The summed E-state index contributed by atoms with van der Waals surface area (Å²) in [7, 11) is -3.30. The Labute approximate surface area is 91.0 Å². The molecule has 0 aliphatic heterocycles. The van der Waals surface area contributed by atoms with Crippen LogP contribution in [0, 0.1) is 5.41 Å². The number of hydrogen-bond acceptors (Lipinski definition) is 3. The van der Waals surface area contributed by atoms with Crippen LogP contribution in [-0.4, -0.2) is 25.5 Å². The van der Waals surface area contributed by atoms with Gasteiger partial charge in [0, 0.05) is 0 Å². The Morgan fingerprint density at radius 2 is 1.93 bits per heavy atom. The maximum atomic E-state index is 11.8. The minimum Gasteiger partial charge on any atom is -0.386 e. The summed E-state index contributed by atoms with van der Waals surface area (Å²) in [6.45, 7) is 1.59. The molecule has 0 heterocycles. The number of nitrogens with two attached hydrogens (primary N) is 1. The maximum absolute atomic E-state index is 11.8. The molecule has 0 amide bonds. The third-order valence-corrected chi connectivity index (χ3v) is 4.83. The first kappa shape index (κ1) is 12.4. The summed E-state index contributed by atoms with van der Waals surface area (Å²) < 4.78 is 26.1. The molecule has 1 rings (SSSR count). The SMILES string of the molecule is CC(NS(=O)(=O)C1CCCCC1)C(=N)N. The first-order valence-corrected chi connectivity index (χ1v) is 6.83. The zero-order chi connectivity index (χ0) is 11.5. The molecule has 0 bridgehead atoms. The van der Waals surface area contributed by atoms with Crippen LogP contribution in [0.2, 0.25) is 0 Å². The number of rotatable bonds is 4. The van der Waals surface area contributed by atoms with Crippen LogP contribution in [0.15, 0.2) is 0 Å². The molecule has 1 aliphatic rings. The normalized spacial score (nSPS) is 21.1. The van der Waals surface area contributed by atoms with E-state index in [-0.39, 0.29) is 11.1 Å². The van der Waals surface area contributed by atoms with Gasteiger partial charge < -0.3 is 5.73 Å². The Morgan fingerprint density at radius 1 is 1.40 bits per heavy atom. The van der Waals surface area contributed by atoms with E-state index in [0.29, 0.717) is 0 Å². The van der Waals surface area contributed by atoms with E-state index in [4.69, 9.17) is 11.1 Å². The molecule has 1 fully saturated rings. The number of amidine groups is 1. The summed E-state index contributed by atoms with van der Waals surface area (Å²) in [5.74, 6) is -0.144. The van der Waals surface area contributed by atoms with E-state index in [0.717, 1.165) is 32.1 Å². The molecule has 1 atom stereocenters. The van der Waals surface area contributed by atoms with E-state index in [1.165, 1.54) is 0 Å². The molecule has 0 aromatic carbocycles. The van der Waals surface area contributed by atoms with Crippen LogP contribution in [0.3, 0.4) is 0 Å². The van der Waals surface area contributed by atoms with Gasteiger partial charge in [-0.1, -0.05) is 19.3 Å². The Kier molecular flexibility index (Phi) is 4.10. The lowest BCUT2D eigenvalue weighted by Crippen LogP contribution is -2.46. The van der Waals surface area contributed by atoms with Gasteiger partial charge in [-0.25, -0.2) is 13.1 Å². The Balaban J connectivity index is 2.61. The van der Waals surface area contributed by atoms with Gasteiger partial charge in [0.2, 0.25) is 10.0 Å². The van der Waals surface area contributed by atoms with Gasteiger partial charge in [-0.05, 0) is 19.8 Å². The van der Waals surface area contributed by atoms with Crippen LogP contribution in [-0.2, 0) is 10.0 Å². The van der Waals surface area contributed by atoms with Crippen molar-refractivity contribution in [2.75, 3.05) is 0 Å². The topological polar surface area (TPSA) is 96.0 Å². The second kappa shape index (κ2) is 4.94. The van der Waals surface area contributed by atoms with Gasteiger partial charge in [0.1, 0.15) is 5.84 Å². The number of sulfonamides is 1. The number of hydrogen-bond donors (Lipinski definition) is 3. The van der Waals surface area contributed by atoms with Gasteiger partial charge in [0.25, 0.3) is 0 Å². The molecule has 0 saturated heterocycles. The summed E-state index contributed by atoms with van der Waals surface area (Å²) in [6.07, 6.45) is 4.51. The van der Waals surface area contributed by atoms with E-state index in [1.807, 2.05) is 0 Å². The Morgan fingerprint density at radius 3 is 2.40 bits per heavy atom. The highest BCUT2D eigenvalue weighted by Crippen LogP contribution is 2.23. The first-order valence-electron chi connectivity index (χ1n) is 5.28. The van der Waals surface area contributed by atoms with Crippen molar-refractivity contribution in [2.24, 2.45) is 5.73 Å². The summed E-state index contributed by atoms with van der Waals surface area (Å²) in [5.41, 5.74) is 5.23. The molecule has 0 aromatic rings. The zero-order valence-electron chi connectivity index (χ0n) is 8.99. The largest absolute Gasteiger partial charge is 0.386 e. The van der Waals surface area contributed by atoms with Crippen molar-refractivity contribution in [3.05, 3.63) is 0 Å². The monoisotopic (exact) mass is 233 g/mol. The number of nitrogens with one attached hydrogen (secondary N) is 2. The quantitative estimate of drug-likeness (QED) is 0.489. The fraction of sp³-hybridized carbons (Fsp3) is 0.889. The third kappa shape index (κ3) is 3.46. The van der Waals surface area contributed by atoms with Crippen molar-refractivity contribution in [1.82, 2.24) is 4.72 Å². The zero-order valence-corrected chi connectivity index (χ0v) is 9.81. The van der Waals surface area contributed by atoms with Crippen LogP contribution >= 0.6 is 0 Å². The lowest BCUT2D eigenvalue weighted by atomic mass is 10.0. The Bertz CT molecular complexity index is 320. The molecule has 1 unspecified atom stereocenters. The van der Waals surface area contributed by atoms with Gasteiger partial charge in [-0.2, -0.15) is 0 Å². The molecule has 1 saturated carbocycles. The molecule has 1 aliphatic carbocycles. The Hall–Kier alpha value is -0.620. The molecule has 6 heteroatoms. The summed E-state index contributed by atoms with van der Waals surface area (Å²) in [6, 6.07) is -0.600. The van der Waals surface area contributed by atoms with Crippen molar-refractivity contribution >= 4 is 15.9 Å². The summed E-state index contributed by atoms with van der Waals surface area (Å²) >= 11 is 0. The standard InChI is InChI=1S/C9H19N3O2S/c1-7(9(10)11)12-15(13,14)8-5-3-2-4-6-8/h7-8,12H,2-6H2,1H3,(H3,10,11). The molecule has 0 aromatic heterocycles. The predicted octanol–water partition coefficient (Wildman–Crippen LogP) is 0.563. The molecule has 88 valence electrons. The fourth-order valence-corrected chi connectivity index (χ4v) is 3.55. The van der Waals surface area contributed by atoms with Crippen LogP contribution in [0.4, 0.5) is 0 Å². The van der Waals surface area contributed by atoms with Gasteiger partial charge in [-0.15, -0.1) is 0 Å². The lowest BCUT2D eigenvalue weighted by molar-refractivity contribution is 0.476. The molecular weight excluding hydrogens is 214 g/mol. The predicted molar refractivity (Wildman–Crippen MR) is 60.3 cm³/mol. The molecule has 0 spiro atoms. The van der Waals surface area contributed by atoms with Crippen molar-refractivity contribution < 1.29 is 8.42 Å². The average molecular weight is 233 g/mol. The molecule has 0 radical (unpaired) electrons.